The van der Waals surface area contributed by atoms with Crippen LogP contribution in [0.1, 0.15) is 32.0 Å². The van der Waals surface area contributed by atoms with Crippen LogP contribution in [0.2, 0.25) is 0 Å². The Morgan fingerprint density at radius 3 is 2.68 bits per heavy atom. The Balaban J connectivity index is 2.53. The van der Waals surface area contributed by atoms with Gasteiger partial charge < -0.3 is 4.74 Å². The summed E-state index contributed by atoms with van der Waals surface area (Å²) in [6, 6.07) is 3.60. The number of aromatic nitrogens is 1. The molecule has 4 heteroatoms. The molecule has 0 aliphatic heterocycles. The molecule has 1 rings (SSSR count). The highest BCUT2D eigenvalue weighted by Crippen LogP contribution is 2.13. The van der Waals surface area contributed by atoms with Crippen LogP contribution in [0, 0.1) is 18.8 Å². The number of nitrogens with zero attached hydrogens (tertiary/aromatic N) is 1. The van der Waals surface area contributed by atoms with E-state index in [4.69, 9.17) is 4.74 Å². The maximum atomic E-state index is 11.6. The first-order chi connectivity index (χ1) is 8.93. The van der Waals surface area contributed by atoms with Gasteiger partial charge in [-0.05, 0) is 36.5 Å². The molecule has 0 bridgehead atoms. The second-order valence-electron chi connectivity index (χ2n) is 5.02. The lowest BCUT2D eigenvalue weighted by atomic mass is 10.00. The van der Waals surface area contributed by atoms with Gasteiger partial charge in [0.15, 0.2) is 0 Å². The fourth-order valence-electron chi connectivity index (χ4n) is 1.40. The molecule has 0 aliphatic rings. The molecule has 1 heterocycles. The fourth-order valence-corrected chi connectivity index (χ4v) is 1.40. The predicted molar refractivity (Wildman–Crippen MR) is 78.0 cm³/mol. The summed E-state index contributed by atoms with van der Waals surface area (Å²) in [6.07, 6.45) is 1.26. The van der Waals surface area contributed by atoms with Gasteiger partial charge in [-0.25, -0.2) is 9.78 Å². The van der Waals surface area contributed by atoms with Crippen molar-refractivity contribution in [2.75, 3.05) is 11.9 Å². The van der Waals surface area contributed by atoms with Crippen molar-refractivity contribution >= 4 is 18.0 Å². The normalized spacial score (nSPS) is 12.1. The van der Waals surface area contributed by atoms with E-state index in [0.717, 1.165) is 11.3 Å². The van der Waals surface area contributed by atoms with Crippen LogP contribution in [0.3, 0.4) is 0 Å². The first-order valence-electron chi connectivity index (χ1n) is 6.48. The van der Waals surface area contributed by atoms with Gasteiger partial charge in [0.2, 0.25) is 0 Å². The molecule has 19 heavy (non-hydrogen) atoms. The zero-order valence-corrected chi connectivity index (χ0v) is 12.1. The number of pyridine rings is 1. The van der Waals surface area contributed by atoms with Crippen LogP contribution in [0.25, 0.3) is 6.08 Å². The Morgan fingerprint density at radius 1 is 1.47 bits per heavy atom. The number of rotatable bonds is 5. The van der Waals surface area contributed by atoms with E-state index in [1.807, 2.05) is 13.0 Å². The van der Waals surface area contributed by atoms with Gasteiger partial charge in [-0.1, -0.05) is 33.4 Å². The van der Waals surface area contributed by atoms with E-state index in [1.165, 1.54) is 0 Å². The maximum Gasteiger partial charge on any atom is 0.412 e. The van der Waals surface area contributed by atoms with Gasteiger partial charge in [0.25, 0.3) is 0 Å². The van der Waals surface area contributed by atoms with E-state index in [-0.39, 0.29) is 0 Å². The van der Waals surface area contributed by atoms with Crippen LogP contribution in [-0.4, -0.2) is 17.7 Å². The Hall–Kier alpha value is -1.84. The summed E-state index contributed by atoms with van der Waals surface area (Å²) in [4.78, 5) is 15.9. The molecule has 4 nitrogen and oxygen atoms in total. The zero-order valence-electron chi connectivity index (χ0n) is 12.1. The van der Waals surface area contributed by atoms with Gasteiger partial charge in [0, 0.05) is 5.69 Å². The lowest BCUT2D eigenvalue weighted by molar-refractivity contribution is 0.133. The van der Waals surface area contributed by atoms with Crippen molar-refractivity contribution in [3.05, 3.63) is 30.0 Å². The van der Waals surface area contributed by atoms with Crippen LogP contribution in [0.4, 0.5) is 10.6 Å². The van der Waals surface area contributed by atoms with E-state index >= 15 is 0 Å². The maximum absolute atomic E-state index is 11.6. The molecular formula is C15H22N2O2. The molecule has 1 aromatic heterocycles. The summed E-state index contributed by atoms with van der Waals surface area (Å²) in [7, 11) is 0. The third-order valence-electron chi connectivity index (χ3n) is 3.19. The third kappa shape index (κ3) is 4.73. The summed E-state index contributed by atoms with van der Waals surface area (Å²) in [5.41, 5.74) is 1.77. The summed E-state index contributed by atoms with van der Waals surface area (Å²) in [5.74, 6) is 1.31. The molecule has 1 aromatic rings. The highest BCUT2D eigenvalue weighted by Gasteiger charge is 2.11. The number of carbonyl (C=O) groups excluding carboxylic acids is 1. The Bertz CT molecular complexity index is 455. The van der Waals surface area contributed by atoms with Gasteiger partial charge >= 0.3 is 6.09 Å². The smallest absolute Gasteiger partial charge is 0.412 e. The van der Waals surface area contributed by atoms with Gasteiger partial charge in [0.1, 0.15) is 5.82 Å². The Kier molecular flexibility index (Phi) is 5.55. The number of nitrogens with one attached hydrogen (secondary N) is 1. The Labute approximate surface area is 114 Å². The van der Waals surface area contributed by atoms with Gasteiger partial charge in [-0.2, -0.15) is 0 Å². The monoisotopic (exact) mass is 262 g/mol. The number of anilines is 1. The second-order valence-corrected chi connectivity index (χ2v) is 5.02. The van der Waals surface area contributed by atoms with Gasteiger partial charge in [-0.15, -0.1) is 0 Å². The van der Waals surface area contributed by atoms with Crippen molar-refractivity contribution in [2.45, 2.75) is 27.7 Å². The van der Waals surface area contributed by atoms with Gasteiger partial charge in [0.05, 0.1) is 6.61 Å². The summed E-state index contributed by atoms with van der Waals surface area (Å²) >= 11 is 0. The molecule has 104 valence electrons. The van der Waals surface area contributed by atoms with Crippen molar-refractivity contribution < 1.29 is 9.53 Å². The highest BCUT2D eigenvalue weighted by molar-refractivity contribution is 5.83. The first-order valence-corrected chi connectivity index (χ1v) is 6.48. The molecule has 1 amide bonds. The van der Waals surface area contributed by atoms with Crippen molar-refractivity contribution in [2.24, 2.45) is 11.8 Å². The molecule has 1 atom stereocenters. The molecule has 0 radical (unpaired) electrons. The Morgan fingerprint density at radius 2 is 2.16 bits per heavy atom. The third-order valence-corrected chi connectivity index (χ3v) is 3.19. The quantitative estimate of drug-likeness (QED) is 0.876. The molecule has 0 spiro atoms. The lowest BCUT2D eigenvalue weighted by Gasteiger charge is -2.15. The van der Waals surface area contributed by atoms with Crippen molar-refractivity contribution in [1.29, 1.82) is 0 Å². The molecule has 0 saturated carbocycles. The number of ether oxygens (including phenoxy) is 1. The fraction of sp³-hybridized carbons (Fsp3) is 0.467. The zero-order chi connectivity index (χ0) is 14.4. The first kappa shape index (κ1) is 15.2. The average molecular weight is 262 g/mol. The SMILES string of the molecule is C=Cc1ccc(NC(=O)OCC(C)C(C)C)nc1C. The van der Waals surface area contributed by atoms with Crippen LogP contribution >= 0.6 is 0 Å². The van der Waals surface area contributed by atoms with E-state index in [9.17, 15) is 4.79 Å². The summed E-state index contributed by atoms with van der Waals surface area (Å²) < 4.78 is 5.16. The number of hydrogen-bond acceptors (Lipinski definition) is 3. The van der Waals surface area contributed by atoms with E-state index in [1.54, 1.807) is 12.1 Å². The second kappa shape index (κ2) is 6.92. The molecular weight excluding hydrogens is 240 g/mol. The van der Waals surface area contributed by atoms with Crippen molar-refractivity contribution in [3.8, 4) is 0 Å². The van der Waals surface area contributed by atoms with Crippen LogP contribution in [0.15, 0.2) is 18.7 Å². The summed E-state index contributed by atoms with van der Waals surface area (Å²) in [5, 5.41) is 2.62. The van der Waals surface area contributed by atoms with Crippen LogP contribution in [0.5, 0.6) is 0 Å². The van der Waals surface area contributed by atoms with E-state index < -0.39 is 6.09 Å². The van der Waals surface area contributed by atoms with Crippen molar-refractivity contribution in [3.63, 3.8) is 0 Å². The largest absolute Gasteiger partial charge is 0.449 e. The minimum Gasteiger partial charge on any atom is -0.449 e. The lowest BCUT2D eigenvalue weighted by Crippen LogP contribution is -2.20. The number of amides is 1. The standard InChI is InChI=1S/C15H22N2O2/c1-6-13-7-8-14(16-12(13)5)17-15(18)19-9-11(4)10(2)3/h6-8,10-11H,1,9H2,2-5H3,(H,16,17,18). The van der Waals surface area contributed by atoms with Crippen LogP contribution in [-0.2, 0) is 4.74 Å². The number of carbonyl (C=O) groups is 1. The van der Waals surface area contributed by atoms with Gasteiger partial charge in [-0.3, -0.25) is 5.32 Å². The average Bonchev–Trinajstić information content (AvgIpc) is 2.36. The molecule has 0 aliphatic carbocycles. The highest BCUT2D eigenvalue weighted by atomic mass is 16.5. The predicted octanol–water partition coefficient (Wildman–Crippen LogP) is 3.87. The molecule has 0 saturated heterocycles. The minimum absolute atomic E-state index is 0.337. The minimum atomic E-state index is -0.467. The number of aryl methyl sites for hydroxylation is 1. The topological polar surface area (TPSA) is 51.2 Å². The van der Waals surface area contributed by atoms with E-state index in [2.05, 4.69) is 37.7 Å². The molecule has 0 fully saturated rings. The molecule has 1 N–H and O–H groups in total. The van der Waals surface area contributed by atoms with E-state index in [0.29, 0.717) is 24.3 Å². The van der Waals surface area contributed by atoms with Crippen molar-refractivity contribution in [1.82, 2.24) is 4.98 Å². The number of hydrogen-bond donors (Lipinski definition) is 1. The summed E-state index contributed by atoms with van der Waals surface area (Å²) in [6.45, 7) is 12.2. The molecule has 0 aromatic carbocycles. The molecule has 1 unspecified atom stereocenters. The van der Waals surface area contributed by atoms with Crippen LogP contribution < -0.4 is 5.32 Å².